The molecule has 0 spiro atoms. The second kappa shape index (κ2) is 4.30. The molecule has 2 N–H and O–H groups in total. The Morgan fingerprint density at radius 2 is 2.10 bits per heavy atom. The number of H-pyrrole nitrogens is 1. The lowest BCUT2D eigenvalue weighted by Crippen LogP contribution is -2.14. The highest BCUT2D eigenvalue weighted by Crippen LogP contribution is 2.22. The fourth-order valence-electron chi connectivity index (χ4n) is 1.95. The van der Waals surface area contributed by atoms with Gasteiger partial charge in [-0.2, -0.15) is 0 Å². The van der Waals surface area contributed by atoms with Crippen LogP contribution in [-0.4, -0.2) is 28.5 Å². The molecule has 3 heterocycles. The lowest BCUT2D eigenvalue weighted by molar-refractivity contribution is 0.390. The minimum atomic E-state index is -3.76. The molecule has 0 aromatic carbocycles. The number of nitrogens with zero attached hydrogens (tertiary/aromatic N) is 3. The molecular weight excluding hydrogens is 282 g/mol. The first-order valence-corrected chi connectivity index (χ1v) is 7.20. The number of hydrogen-bond donors (Lipinski definition) is 2. The summed E-state index contributed by atoms with van der Waals surface area (Å²) in [6.07, 6.45) is 2.89. The van der Waals surface area contributed by atoms with Crippen LogP contribution in [0.1, 0.15) is 11.5 Å². The number of anilines is 1. The number of hydrogen-bond acceptors (Lipinski definition) is 6. The van der Waals surface area contributed by atoms with E-state index in [0.29, 0.717) is 22.5 Å². The first kappa shape index (κ1) is 12.6. The topological polar surface area (TPSA) is 114 Å². The van der Waals surface area contributed by atoms with Gasteiger partial charge in [0.25, 0.3) is 10.0 Å². The van der Waals surface area contributed by atoms with Crippen LogP contribution in [0.15, 0.2) is 28.0 Å². The molecule has 0 radical (unpaired) electrons. The standard InChI is InChI=1S/C11H11N5O3S/c1-6-10(7(2)19-15-6)20(17,18)16-8-3-9-11(12-4-8)14-5-13-9/h3-5,16H,1-2H3,(H,12,13,14). The van der Waals surface area contributed by atoms with E-state index in [1.165, 1.54) is 12.5 Å². The van der Waals surface area contributed by atoms with Gasteiger partial charge in [0.15, 0.2) is 16.3 Å². The number of aromatic amines is 1. The van der Waals surface area contributed by atoms with E-state index in [-0.39, 0.29) is 10.7 Å². The molecule has 0 unspecified atom stereocenters. The molecule has 0 saturated carbocycles. The van der Waals surface area contributed by atoms with Crippen molar-refractivity contribution in [2.75, 3.05) is 4.72 Å². The number of rotatable bonds is 3. The second-order valence-corrected chi connectivity index (χ2v) is 5.88. The van der Waals surface area contributed by atoms with Gasteiger partial charge in [-0.05, 0) is 19.9 Å². The van der Waals surface area contributed by atoms with Crippen molar-refractivity contribution in [2.45, 2.75) is 18.7 Å². The Kier molecular flexibility index (Phi) is 2.71. The highest BCUT2D eigenvalue weighted by Gasteiger charge is 2.24. The second-order valence-electron chi connectivity index (χ2n) is 4.26. The number of nitrogens with one attached hydrogen (secondary N) is 2. The Bertz CT molecular complexity index is 861. The van der Waals surface area contributed by atoms with Crippen LogP contribution in [0.2, 0.25) is 0 Å². The predicted molar refractivity (Wildman–Crippen MR) is 70.7 cm³/mol. The molecule has 0 aliphatic heterocycles. The molecule has 0 aliphatic carbocycles. The molecule has 3 rings (SSSR count). The Labute approximate surface area is 114 Å². The minimum Gasteiger partial charge on any atom is -0.360 e. The largest absolute Gasteiger partial charge is 0.360 e. The van der Waals surface area contributed by atoms with E-state index in [0.717, 1.165) is 0 Å². The van der Waals surface area contributed by atoms with Crippen LogP contribution in [-0.2, 0) is 10.0 Å². The van der Waals surface area contributed by atoms with Crippen molar-refractivity contribution in [3.8, 4) is 0 Å². The molecule has 0 aliphatic rings. The first-order valence-electron chi connectivity index (χ1n) is 5.72. The Morgan fingerprint density at radius 1 is 1.30 bits per heavy atom. The van der Waals surface area contributed by atoms with Crippen molar-refractivity contribution < 1.29 is 12.9 Å². The third-order valence-corrected chi connectivity index (χ3v) is 4.39. The Morgan fingerprint density at radius 3 is 2.80 bits per heavy atom. The maximum Gasteiger partial charge on any atom is 0.267 e. The van der Waals surface area contributed by atoms with Crippen molar-refractivity contribution in [1.82, 2.24) is 20.1 Å². The normalized spacial score (nSPS) is 11.9. The molecule has 20 heavy (non-hydrogen) atoms. The number of imidazole rings is 1. The smallest absolute Gasteiger partial charge is 0.267 e. The molecule has 8 nitrogen and oxygen atoms in total. The number of pyridine rings is 1. The molecule has 0 atom stereocenters. The zero-order valence-corrected chi connectivity index (χ0v) is 11.5. The van der Waals surface area contributed by atoms with Crippen molar-refractivity contribution in [3.05, 3.63) is 30.0 Å². The monoisotopic (exact) mass is 293 g/mol. The van der Waals surface area contributed by atoms with Crippen molar-refractivity contribution in [3.63, 3.8) is 0 Å². The predicted octanol–water partition coefficient (Wildman–Crippen LogP) is 1.36. The number of aromatic nitrogens is 4. The summed E-state index contributed by atoms with van der Waals surface area (Å²) in [4.78, 5) is 10.9. The molecule has 3 aromatic heterocycles. The number of sulfonamides is 1. The van der Waals surface area contributed by atoms with Gasteiger partial charge >= 0.3 is 0 Å². The summed E-state index contributed by atoms with van der Waals surface area (Å²) < 4.78 is 32.0. The number of aryl methyl sites for hydroxylation is 2. The molecule has 3 aromatic rings. The van der Waals surface area contributed by atoms with Gasteiger partial charge in [-0.3, -0.25) is 4.72 Å². The third kappa shape index (κ3) is 2.01. The first-order chi connectivity index (χ1) is 9.47. The van der Waals surface area contributed by atoms with Crippen LogP contribution >= 0.6 is 0 Å². The Hall–Kier alpha value is -2.42. The van der Waals surface area contributed by atoms with Crippen molar-refractivity contribution in [1.29, 1.82) is 0 Å². The fraction of sp³-hybridized carbons (Fsp3) is 0.182. The molecule has 9 heteroatoms. The molecule has 0 amide bonds. The van der Waals surface area contributed by atoms with Crippen molar-refractivity contribution in [2.24, 2.45) is 0 Å². The van der Waals surface area contributed by atoms with Gasteiger partial charge in [0, 0.05) is 0 Å². The maximum absolute atomic E-state index is 12.3. The molecule has 0 bridgehead atoms. The van der Waals surface area contributed by atoms with E-state index in [2.05, 4.69) is 24.8 Å². The van der Waals surface area contributed by atoms with Gasteiger partial charge < -0.3 is 9.51 Å². The summed E-state index contributed by atoms with van der Waals surface area (Å²) >= 11 is 0. The van der Waals surface area contributed by atoms with Gasteiger partial charge in [-0.1, -0.05) is 5.16 Å². The molecule has 0 saturated heterocycles. The molecule has 0 fully saturated rings. The fourth-order valence-corrected chi connectivity index (χ4v) is 3.32. The highest BCUT2D eigenvalue weighted by molar-refractivity contribution is 7.92. The molecule has 104 valence electrons. The zero-order chi connectivity index (χ0) is 14.3. The van der Waals surface area contributed by atoms with Gasteiger partial charge in [0.05, 0.1) is 23.7 Å². The SMILES string of the molecule is Cc1noc(C)c1S(=O)(=O)Nc1cnc2nc[nH]c2c1. The van der Waals surface area contributed by atoms with Gasteiger partial charge in [0.1, 0.15) is 5.69 Å². The van der Waals surface area contributed by atoms with E-state index in [9.17, 15) is 8.42 Å². The van der Waals surface area contributed by atoms with E-state index in [1.807, 2.05) is 0 Å². The summed E-state index contributed by atoms with van der Waals surface area (Å²) in [6, 6.07) is 1.62. The quantitative estimate of drug-likeness (QED) is 0.753. The molecular formula is C11H11N5O3S. The van der Waals surface area contributed by atoms with E-state index in [4.69, 9.17) is 4.52 Å². The van der Waals surface area contributed by atoms with E-state index in [1.54, 1.807) is 19.9 Å². The lowest BCUT2D eigenvalue weighted by atomic mass is 10.4. The van der Waals surface area contributed by atoms with Gasteiger partial charge in [-0.25, -0.2) is 18.4 Å². The zero-order valence-electron chi connectivity index (χ0n) is 10.7. The van der Waals surface area contributed by atoms with Crippen LogP contribution < -0.4 is 4.72 Å². The lowest BCUT2D eigenvalue weighted by Gasteiger charge is -2.06. The average Bonchev–Trinajstić information content (AvgIpc) is 2.95. The summed E-state index contributed by atoms with van der Waals surface area (Å²) in [5.74, 6) is 0.241. The Balaban J connectivity index is 2.01. The van der Waals surface area contributed by atoms with Gasteiger partial charge in [0.2, 0.25) is 0 Å². The van der Waals surface area contributed by atoms with Crippen molar-refractivity contribution >= 4 is 26.9 Å². The average molecular weight is 293 g/mol. The van der Waals surface area contributed by atoms with Crippen LogP contribution in [0.3, 0.4) is 0 Å². The van der Waals surface area contributed by atoms with Crippen LogP contribution in [0.4, 0.5) is 5.69 Å². The van der Waals surface area contributed by atoms with Gasteiger partial charge in [-0.15, -0.1) is 0 Å². The summed E-state index contributed by atoms with van der Waals surface area (Å²) in [6.45, 7) is 3.12. The highest BCUT2D eigenvalue weighted by atomic mass is 32.2. The van der Waals surface area contributed by atoms with E-state index < -0.39 is 10.0 Å². The third-order valence-electron chi connectivity index (χ3n) is 2.76. The summed E-state index contributed by atoms with van der Waals surface area (Å²) in [5.41, 5.74) is 1.81. The van der Waals surface area contributed by atoms with Crippen LogP contribution in [0.25, 0.3) is 11.2 Å². The minimum absolute atomic E-state index is 0.0437. The van der Waals surface area contributed by atoms with E-state index >= 15 is 0 Å². The summed E-state index contributed by atoms with van der Waals surface area (Å²) in [5, 5.41) is 3.64. The summed E-state index contributed by atoms with van der Waals surface area (Å²) in [7, 11) is -3.76. The van der Waals surface area contributed by atoms with Crippen LogP contribution in [0, 0.1) is 13.8 Å². The number of fused-ring (bicyclic) bond motifs is 1. The maximum atomic E-state index is 12.3. The van der Waals surface area contributed by atoms with Crippen LogP contribution in [0.5, 0.6) is 0 Å².